The van der Waals surface area contributed by atoms with E-state index >= 15 is 0 Å². The number of nitrogens with one attached hydrogen (secondary N) is 2. The number of carbonyl (C=O) groups excluding carboxylic acids is 2. The van der Waals surface area contributed by atoms with Gasteiger partial charge in [0.05, 0.1) is 0 Å². The molecule has 5 nitrogen and oxygen atoms in total. The Bertz CT molecular complexity index is 855. The average Bonchev–Trinajstić information content (AvgIpc) is 3.21. The number of rotatable bonds is 4. The van der Waals surface area contributed by atoms with Crippen LogP contribution in [0.15, 0.2) is 18.2 Å². The molecule has 1 aliphatic carbocycles. The van der Waals surface area contributed by atoms with Crippen LogP contribution in [-0.2, 0) is 29.0 Å². The Morgan fingerprint density at radius 1 is 1.15 bits per heavy atom. The number of benzene rings is 1. The van der Waals surface area contributed by atoms with E-state index in [1.807, 2.05) is 6.92 Å². The molecule has 1 unspecified atom stereocenters. The summed E-state index contributed by atoms with van der Waals surface area (Å²) in [5, 5.41) is 4.32. The smallest absolute Gasteiger partial charge is 0.242 e. The number of likely N-dealkylation sites (tertiary alicyclic amines) is 1. The van der Waals surface area contributed by atoms with Gasteiger partial charge in [-0.1, -0.05) is 18.9 Å². The summed E-state index contributed by atoms with van der Waals surface area (Å²) in [6.45, 7) is 3.01. The number of carbonyl (C=O) groups is 2. The molecule has 0 spiro atoms. The minimum Gasteiger partial charge on any atom is -0.358 e. The van der Waals surface area contributed by atoms with Crippen LogP contribution < -0.4 is 5.32 Å². The van der Waals surface area contributed by atoms with Gasteiger partial charge in [-0.05, 0) is 62.3 Å². The second-order valence-corrected chi connectivity index (χ2v) is 7.96. The molecule has 0 saturated carbocycles. The number of aromatic amines is 1. The normalized spacial score (nSPS) is 18.9. The molecule has 1 aliphatic heterocycles. The molecule has 2 amide bonds. The van der Waals surface area contributed by atoms with Gasteiger partial charge in [-0.15, -0.1) is 0 Å². The van der Waals surface area contributed by atoms with Crippen molar-refractivity contribution in [2.45, 2.75) is 70.9 Å². The van der Waals surface area contributed by atoms with Gasteiger partial charge >= 0.3 is 0 Å². The highest BCUT2D eigenvalue weighted by Gasteiger charge is 2.29. The number of amides is 2. The molecule has 1 aromatic heterocycles. The summed E-state index contributed by atoms with van der Waals surface area (Å²) >= 11 is 0. The van der Waals surface area contributed by atoms with E-state index in [4.69, 9.17) is 0 Å². The first-order valence-corrected chi connectivity index (χ1v) is 10.3. The minimum absolute atomic E-state index is 0.0743. The molecule has 5 heteroatoms. The molecule has 27 heavy (non-hydrogen) atoms. The third-order valence-electron chi connectivity index (χ3n) is 6.09. The number of nitrogens with zero attached hydrogens (tertiary/aromatic N) is 1. The van der Waals surface area contributed by atoms with E-state index in [1.54, 1.807) is 4.90 Å². The number of aryl methyl sites for hydroxylation is 2. The largest absolute Gasteiger partial charge is 0.358 e. The zero-order valence-electron chi connectivity index (χ0n) is 16.1. The zero-order valence-corrected chi connectivity index (χ0v) is 16.1. The van der Waals surface area contributed by atoms with E-state index in [0.717, 1.165) is 24.8 Å². The van der Waals surface area contributed by atoms with Gasteiger partial charge in [-0.2, -0.15) is 0 Å². The molecule has 2 N–H and O–H groups in total. The molecular formula is C22H29N3O2. The molecule has 2 aliphatic rings. The zero-order chi connectivity index (χ0) is 18.8. The van der Waals surface area contributed by atoms with Crippen LogP contribution in [-0.4, -0.2) is 34.3 Å². The molecule has 1 fully saturated rings. The molecule has 2 aromatic rings. The molecule has 1 saturated heterocycles. The van der Waals surface area contributed by atoms with E-state index in [2.05, 4.69) is 28.5 Å². The van der Waals surface area contributed by atoms with Crippen molar-refractivity contribution in [2.24, 2.45) is 0 Å². The lowest BCUT2D eigenvalue weighted by Gasteiger charge is -2.23. The van der Waals surface area contributed by atoms with Crippen molar-refractivity contribution in [3.05, 3.63) is 35.0 Å². The molecule has 4 rings (SSSR count). The first kappa shape index (κ1) is 18.1. The maximum absolute atomic E-state index is 12.5. The Labute approximate surface area is 160 Å². The third-order valence-corrected chi connectivity index (χ3v) is 6.09. The fraction of sp³-hybridized carbons (Fsp3) is 0.545. The number of aromatic nitrogens is 1. The monoisotopic (exact) mass is 367 g/mol. The molecule has 144 valence electrons. The second-order valence-electron chi connectivity index (χ2n) is 7.96. The predicted molar refractivity (Wildman–Crippen MR) is 106 cm³/mol. The molecule has 2 heterocycles. The summed E-state index contributed by atoms with van der Waals surface area (Å²) in [6.07, 6.45) is 8.84. The van der Waals surface area contributed by atoms with Gasteiger partial charge in [0.15, 0.2) is 0 Å². The van der Waals surface area contributed by atoms with Crippen molar-refractivity contribution in [2.75, 3.05) is 6.54 Å². The fourth-order valence-corrected chi connectivity index (χ4v) is 4.47. The van der Waals surface area contributed by atoms with Crippen molar-refractivity contribution in [3.8, 4) is 0 Å². The van der Waals surface area contributed by atoms with Crippen molar-refractivity contribution >= 4 is 22.7 Å². The van der Waals surface area contributed by atoms with E-state index in [9.17, 15) is 9.59 Å². The number of hydrogen-bond acceptors (Lipinski definition) is 2. The summed E-state index contributed by atoms with van der Waals surface area (Å²) in [6, 6.07) is 6.04. The van der Waals surface area contributed by atoms with Crippen LogP contribution in [0.2, 0.25) is 0 Å². The van der Waals surface area contributed by atoms with Gasteiger partial charge < -0.3 is 15.2 Å². The van der Waals surface area contributed by atoms with Crippen molar-refractivity contribution in [3.63, 3.8) is 0 Å². The summed E-state index contributed by atoms with van der Waals surface area (Å²) in [4.78, 5) is 29.6. The summed E-state index contributed by atoms with van der Waals surface area (Å²) in [7, 11) is 0. The summed E-state index contributed by atoms with van der Waals surface area (Å²) in [5.74, 6) is 0.0136. The minimum atomic E-state index is -0.393. The van der Waals surface area contributed by atoms with Crippen molar-refractivity contribution in [1.82, 2.24) is 15.2 Å². The molecule has 1 atom stereocenters. The first-order chi connectivity index (χ1) is 13.1. The van der Waals surface area contributed by atoms with Gasteiger partial charge in [0, 0.05) is 36.1 Å². The van der Waals surface area contributed by atoms with Crippen LogP contribution in [0.5, 0.6) is 0 Å². The van der Waals surface area contributed by atoms with Gasteiger partial charge in [0.2, 0.25) is 11.8 Å². The molecular weight excluding hydrogens is 338 g/mol. The van der Waals surface area contributed by atoms with Crippen molar-refractivity contribution < 1.29 is 9.59 Å². The summed E-state index contributed by atoms with van der Waals surface area (Å²) < 4.78 is 0. The van der Waals surface area contributed by atoms with E-state index in [0.29, 0.717) is 19.5 Å². The molecule has 0 radical (unpaired) electrons. The van der Waals surface area contributed by atoms with Crippen LogP contribution in [0.4, 0.5) is 0 Å². The Morgan fingerprint density at radius 3 is 2.74 bits per heavy atom. The fourth-order valence-electron chi connectivity index (χ4n) is 4.47. The highest BCUT2D eigenvalue weighted by Crippen LogP contribution is 2.28. The lowest BCUT2D eigenvalue weighted by Crippen LogP contribution is -2.45. The standard InChI is InChI=1S/C22H29N3O2/c1-15(25-12-6-9-21(25)26)22(27)23-14-16-10-11-20-18(13-16)17-7-4-2-3-5-8-19(17)24-20/h10-11,13,15,24H,2-9,12,14H2,1H3,(H,23,27). The van der Waals surface area contributed by atoms with E-state index in [-0.39, 0.29) is 11.8 Å². The van der Waals surface area contributed by atoms with Crippen LogP contribution in [0.3, 0.4) is 0 Å². The quantitative estimate of drug-likeness (QED) is 0.869. The van der Waals surface area contributed by atoms with Gasteiger partial charge in [0.1, 0.15) is 6.04 Å². The number of H-pyrrole nitrogens is 1. The summed E-state index contributed by atoms with van der Waals surface area (Å²) in [5.41, 5.74) is 5.17. The first-order valence-electron chi connectivity index (χ1n) is 10.3. The maximum atomic E-state index is 12.5. The Morgan fingerprint density at radius 2 is 1.96 bits per heavy atom. The van der Waals surface area contributed by atoms with Crippen LogP contribution in [0.1, 0.15) is 62.3 Å². The highest BCUT2D eigenvalue weighted by atomic mass is 16.2. The van der Waals surface area contributed by atoms with Crippen LogP contribution >= 0.6 is 0 Å². The van der Waals surface area contributed by atoms with Gasteiger partial charge in [-0.25, -0.2) is 0 Å². The number of hydrogen-bond donors (Lipinski definition) is 2. The van der Waals surface area contributed by atoms with E-state index < -0.39 is 6.04 Å². The third kappa shape index (κ3) is 3.73. The van der Waals surface area contributed by atoms with Gasteiger partial charge in [0.25, 0.3) is 0 Å². The van der Waals surface area contributed by atoms with Gasteiger partial charge in [-0.3, -0.25) is 9.59 Å². The Kier molecular flexibility index (Phi) is 5.19. The predicted octanol–water partition coefficient (Wildman–Crippen LogP) is 3.45. The SMILES string of the molecule is CC(C(=O)NCc1ccc2[nH]c3c(c2c1)CCCCCC3)N1CCCC1=O. The highest BCUT2D eigenvalue weighted by molar-refractivity contribution is 5.88. The Balaban J connectivity index is 1.46. The Hall–Kier alpha value is -2.30. The maximum Gasteiger partial charge on any atom is 0.242 e. The van der Waals surface area contributed by atoms with Crippen LogP contribution in [0.25, 0.3) is 10.9 Å². The lowest BCUT2D eigenvalue weighted by molar-refractivity contribution is -0.136. The van der Waals surface area contributed by atoms with Crippen LogP contribution in [0, 0.1) is 0 Å². The van der Waals surface area contributed by atoms with E-state index in [1.165, 1.54) is 47.8 Å². The molecule has 0 bridgehead atoms. The topological polar surface area (TPSA) is 65.2 Å². The second kappa shape index (κ2) is 7.75. The molecule has 1 aromatic carbocycles. The van der Waals surface area contributed by atoms with Crippen molar-refractivity contribution in [1.29, 1.82) is 0 Å². The average molecular weight is 367 g/mol. The lowest BCUT2D eigenvalue weighted by atomic mass is 9.96. The number of fused-ring (bicyclic) bond motifs is 3.